The Bertz CT molecular complexity index is 683. The van der Waals surface area contributed by atoms with Crippen LogP contribution in [0.15, 0.2) is 53.6 Å². The lowest BCUT2D eigenvalue weighted by Gasteiger charge is -2.06. The van der Waals surface area contributed by atoms with Crippen LogP contribution < -0.4 is 14.9 Å². The second-order valence-electron chi connectivity index (χ2n) is 4.86. The van der Waals surface area contributed by atoms with Gasteiger partial charge in [-0.25, -0.2) is 5.43 Å². The largest absolute Gasteiger partial charge is 0.497 e. The smallest absolute Gasteiger partial charge is 0.277 e. The minimum atomic E-state index is -0.314. The monoisotopic (exact) mass is 312 g/mol. The fraction of sp³-hybridized carbons (Fsp3) is 0.222. The number of ether oxygens (including phenoxy) is 2. The van der Waals surface area contributed by atoms with Crippen LogP contribution in [0.2, 0.25) is 0 Å². The topological polar surface area (TPSA) is 59.9 Å². The van der Waals surface area contributed by atoms with Crippen LogP contribution >= 0.6 is 0 Å². The average Bonchev–Trinajstić information content (AvgIpc) is 2.60. The van der Waals surface area contributed by atoms with Gasteiger partial charge in [0.05, 0.1) is 13.3 Å². The zero-order chi connectivity index (χ0) is 16.5. The van der Waals surface area contributed by atoms with Gasteiger partial charge < -0.3 is 9.47 Å². The van der Waals surface area contributed by atoms with Crippen molar-refractivity contribution in [1.29, 1.82) is 0 Å². The summed E-state index contributed by atoms with van der Waals surface area (Å²) in [5.74, 6) is 1.10. The summed E-state index contributed by atoms with van der Waals surface area (Å²) < 4.78 is 10.6. The maximum absolute atomic E-state index is 11.7. The molecule has 0 saturated carbocycles. The van der Waals surface area contributed by atoms with E-state index >= 15 is 0 Å². The third-order valence-electron chi connectivity index (χ3n) is 3.17. The Morgan fingerprint density at radius 2 is 1.96 bits per heavy atom. The zero-order valence-electron chi connectivity index (χ0n) is 13.3. The van der Waals surface area contributed by atoms with Gasteiger partial charge in [0.1, 0.15) is 11.5 Å². The van der Waals surface area contributed by atoms with Crippen molar-refractivity contribution >= 4 is 12.1 Å². The van der Waals surface area contributed by atoms with E-state index in [0.29, 0.717) is 5.75 Å². The van der Waals surface area contributed by atoms with Gasteiger partial charge in [0.2, 0.25) is 0 Å². The summed E-state index contributed by atoms with van der Waals surface area (Å²) >= 11 is 0. The third-order valence-corrected chi connectivity index (χ3v) is 3.17. The molecule has 0 aliphatic rings. The minimum Gasteiger partial charge on any atom is -0.497 e. The first-order chi connectivity index (χ1) is 11.2. The summed E-state index contributed by atoms with van der Waals surface area (Å²) in [6.07, 6.45) is 2.48. The number of benzene rings is 2. The van der Waals surface area contributed by atoms with E-state index in [4.69, 9.17) is 9.47 Å². The molecule has 0 bridgehead atoms. The van der Waals surface area contributed by atoms with E-state index < -0.39 is 0 Å². The molecule has 120 valence electrons. The number of carbonyl (C=O) groups is 1. The molecule has 1 N–H and O–H groups in total. The SMILES string of the molecule is CCc1cccc(OCC(=O)N/N=C/c2cccc(OC)c2)c1. The molecule has 0 heterocycles. The number of methoxy groups -OCH3 is 1. The molecule has 0 aliphatic heterocycles. The highest BCUT2D eigenvalue weighted by atomic mass is 16.5. The quantitative estimate of drug-likeness (QED) is 0.632. The van der Waals surface area contributed by atoms with Crippen molar-refractivity contribution in [3.8, 4) is 11.5 Å². The summed E-state index contributed by atoms with van der Waals surface area (Å²) in [5.41, 5.74) is 4.43. The molecule has 0 saturated heterocycles. The van der Waals surface area contributed by atoms with E-state index in [9.17, 15) is 4.79 Å². The highest BCUT2D eigenvalue weighted by Gasteiger charge is 2.02. The van der Waals surface area contributed by atoms with Gasteiger partial charge in [-0.15, -0.1) is 0 Å². The number of hydrazone groups is 1. The molecule has 0 aromatic heterocycles. The first-order valence-electron chi connectivity index (χ1n) is 7.39. The number of nitrogens with one attached hydrogen (secondary N) is 1. The number of rotatable bonds is 7. The van der Waals surface area contributed by atoms with Crippen molar-refractivity contribution in [2.24, 2.45) is 5.10 Å². The van der Waals surface area contributed by atoms with E-state index in [0.717, 1.165) is 17.7 Å². The minimum absolute atomic E-state index is 0.0807. The summed E-state index contributed by atoms with van der Waals surface area (Å²) in [6.45, 7) is 1.99. The van der Waals surface area contributed by atoms with E-state index in [1.54, 1.807) is 13.3 Å². The summed E-state index contributed by atoms with van der Waals surface area (Å²) in [5, 5.41) is 3.90. The van der Waals surface area contributed by atoms with Crippen LogP contribution in [0.25, 0.3) is 0 Å². The predicted molar refractivity (Wildman–Crippen MR) is 90.0 cm³/mol. The van der Waals surface area contributed by atoms with Crippen LogP contribution in [0.1, 0.15) is 18.1 Å². The fourth-order valence-electron chi connectivity index (χ4n) is 1.94. The van der Waals surface area contributed by atoms with Crippen molar-refractivity contribution in [2.75, 3.05) is 13.7 Å². The van der Waals surface area contributed by atoms with Gasteiger partial charge in [0, 0.05) is 0 Å². The molecule has 0 fully saturated rings. The van der Waals surface area contributed by atoms with E-state index in [1.807, 2.05) is 48.5 Å². The van der Waals surface area contributed by atoms with Crippen molar-refractivity contribution in [1.82, 2.24) is 5.43 Å². The second-order valence-corrected chi connectivity index (χ2v) is 4.86. The molecule has 2 aromatic carbocycles. The maximum atomic E-state index is 11.7. The van der Waals surface area contributed by atoms with Gasteiger partial charge in [-0.1, -0.05) is 31.2 Å². The number of hydrogen-bond acceptors (Lipinski definition) is 4. The van der Waals surface area contributed by atoms with Gasteiger partial charge in [-0.05, 0) is 41.8 Å². The highest BCUT2D eigenvalue weighted by Crippen LogP contribution is 2.13. The van der Waals surface area contributed by atoms with Crippen molar-refractivity contribution in [3.05, 3.63) is 59.7 Å². The van der Waals surface area contributed by atoms with Gasteiger partial charge in [-0.3, -0.25) is 4.79 Å². The molecule has 5 nitrogen and oxygen atoms in total. The number of nitrogens with zero attached hydrogens (tertiary/aromatic N) is 1. The molecule has 0 aliphatic carbocycles. The lowest BCUT2D eigenvalue weighted by molar-refractivity contribution is -0.123. The molecule has 2 rings (SSSR count). The predicted octanol–water partition coefficient (Wildman–Crippen LogP) is 2.79. The first-order valence-corrected chi connectivity index (χ1v) is 7.39. The standard InChI is InChI=1S/C18H20N2O3/c1-3-14-6-4-9-17(10-14)23-13-18(21)20-19-12-15-7-5-8-16(11-15)22-2/h4-12H,3,13H2,1-2H3,(H,20,21)/b19-12+. The maximum Gasteiger partial charge on any atom is 0.277 e. The summed E-state index contributed by atoms with van der Waals surface area (Å²) in [7, 11) is 1.60. The highest BCUT2D eigenvalue weighted by molar-refractivity contribution is 5.83. The van der Waals surface area contributed by atoms with Crippen molar-refractivity contribution in [2.45, 2.75) is 13.3 Å². The summed E-state index contributed by atoms with van der Waals surface area (Å²) in [4.78, 5) is 11.7. The summed E-state index contributed by atoms with van der Waals surface area (Å²) in [6, 6.07) is 15.1. The Labute approximate surface area is 135 Å². The molecule has 5 heteroatoms. The van der Waals surface area contributed by atoms with Crippen LogP contribution in [0, 0.1) is 0 Å². The Morgan fingerprint density at radius 3 is 2.74 bits per heavy atom. The van der Waals surface area contributed by atoms with Crippen LogP contribution in [0.4, 0.5) is 0 Å². The van der Waals surface area contributed by atoms with E-state index in [2.05, 4.69) is 17.5 Å². The average molecular weight is 312 g/mol. The number of aryl methyl sites for hydroxylation is 1. The third kappa shape index (κ3) is 5.47. The Morgan fingerprint density at radius 1 is 1.17 bits per heavy atom. The Kier molecular flexibility index (Phi) is 6.17. The van der Waals surface area contributed by atoms with Gasteiger partial charge in [0.15, 0.2) is 6.61 Å². The van der Waals surface area contributed by atoms with E-state index in [1.165, 1.54) is 5.56 Å². The van der Waals surface area contributed by atoms with Crippen molar-refractivity contribution in [3.63, 3.8) is 0 Å². The number of amides is 1. The van der Waals surface area contributed by atoms with Gasteiger partial charge in [-0.2, -0.15) is 5.10 Å². The molecule has 2 aromatic rings. The lowest BCUT2D eigenvalue weighted by Crippen LogP contribution is -2.24. The van der Waals surface area contributed by atoms with Crippen LogP contribution in [0.5, 0.6) is 11.5 Å². The molecular weight excluding hydrogens is 292 g/mol. The van der Waals surface area contributed by atoms with Crippen LogP contribution in [0.3, 0.4) is 0 Å². The molecule has 23 heavy (non-hydrogen) atoms. The molecule has 0 atom stereocenters. The van der Waals surface area contributed by atoms with Gasteiger partial charge >= 0.3 is 0 Å². The van der Waals surface area contributed by atoms with Crippen molar-refractivity contribution < 1.29 is 14.3 Å². The zero-order valence-corrected chi connectivity index (χ0v) is 13.3. The lowest BCUT2D eigenvalue weighted by atomic mass is 10.2. The molecule has 0 radical (unpaired) electrons. The molecule has 1 amide bonds. The van der Waals surface area contributed by atoms with Gasteiger partial charge in [0.25, 0.3) is 5.91 Å². The molecule has 0 spiro atoms. The Balaban J connectivity index is 1.81. The molecule has 0 unspecified atom stereocenters. The number of carbonyl (C=O) groups excluding carboxylic acids is 1. The van der Waals surface area contributed by atoms with Crippen LogP contribution in [-0.4, -0.2) is 25.8 Å². The fourth-order valence-corrected chi connectivity index (χ4v) is 1.94. The van der Waals surface area contributed by atoms with E-state index in [-0.39, 0.29) is 12.5 Å². The first kappa shape index (κ1) is 16.5. The number of hydrogen-bond donors (Lipinski definition) is 1. The normalized spacial score (nSPS) is 10.5. The van der Waals surface area contributed by atoms with Crippen LogP contribution in [-0.2, 0) is 11.2 Å². The molecular formula is C18H20N2O3. The Hall–Kier alpha value is -2.82. The second kappa shape index (κ2) is 8.58.